The number of methoxy groups -OCH3 is 1. The van der Waals surface area contributed by atoms with Gasteiger partial charge in [-0.1, -0.05) is 0 Å². The summed E-state index contributed by atoms with van der Waals surface area (Å²) < 4.78 is 4.76. The fourth-order valence-corrected chi connectivity index (χ4v) is 3.08. The monoisotopic (exact) mass is 321 g/mol. The molecule has 0 aliphatic carbocycles. The molecular formula is C16H23N3O4. The first-order valence-electron chi connectivity index (χ1n) is 7.59. The fraction of sp³-hybridized carbons (Fsp3) is 0.562. The molecule has 0 aromatic carbocycles. The van der Waals surface area contributed by atoms with E-state index in [1.54, 1.807) is 32.8 Å². The molecule has 1 aliphatic rings. The topological polar surface area (TPSA) is 82.7 Å². The van der Waals surface area contributed by atoms with Gasteiger partial charge in [0.2, 0.25) is 5.91 Å². The number of esters is 1. The summed E-state index contributed by atoms with van der Waals surface area (Å²) in [5, 5.41) is 0. The van der Waals surface area contributed by atoms with E-state index in [9.17, 15) is 14.4 Å². The quantitative estimate of drug-likeness (QED) is 0.846. The Labute approximate surface area is 135 Å². The van der Waals surface area contributed by atoms with E-state index in [1.165, 1.54) is 12.0 Å². The van der Waals surface area contributed by atoms with Crippen molar-refractivity contribution in [1.29, 1.82) is 0 Å². The van der Waals surface area contributed by atoms with Crippen LogP contribution in [-0.4, -0.2) is 66.4 Å². The van der Waals surface area contributed by atoms with Crippen molar-refractivity contribution in [3.63, 3.8) is 0 Å². The van der Waals surface area contributed by atoms with E-state index >= 15 is 0 Å². The molecule has 7 nitrogen and oxygen atoms in total. The summed E-state index contributed by atoms with van der Waals surface area (Å²) in [6.45, 7) is 3.97. The third-order valence-electron chi connectivity index (χ3n) is 4.28. The standard InChI is InChI=1S/C16H23N3O4/c1-9-12(16(22)23-5)10(2)17-13(9)15(21)19-8-6-7-11(19)14(20)18(3)4/h11,17H,6-8H2,1-5H3/t11-/m0/s1. The second kappa shape index (κ2) is 6.44. The van der Waals surface area contributed by atoms with Gasteiger partial charge in [0.15, 0.2) is 0 Å². The van der Waals surface area contributed by atoms with E-state index in [4.69, 9.17) is 4.74 Å². The molecule has 0 bridgehead atoms. The molecule has 0 spiro atoms. The zero-order valence-electron chi connectivity index (χ0n) is 14.2. The highest BCUT2D eigenvalue weighted by Crippen LogP contribution is 2.25. The molecule has 0 saturated carbocycles. The Balaban J connectivity index is 2.34. The van der Waals surface area contributed by atoms with E-state index < -0.39 is 12.0 Å². The number of aromatic nitrogens is 1. The Hall–Kier alpha value is -2.31. The van der Waals surface area contributed by atoms with Gasteiger partial charge in [0.05, 0.1) is 12.7 Å². The molecule has 0 radical (unpaired) electrons. The van der Waals surface area contributed by atoms with Gasteiger partial charge in [-0.2, -0.15) is 0 Å². The number of likely N-dealkylation sites (tertiary alicyclic amines) is 1. The van der Waals surface area contributed by atoms with E-state index in [-0.39, 0.29) is 11.8 Å². The minimum absolute atomic E-state index is 0.0787. The highest BCUT2D eigenvalue weighted by atomic mass is 16.5. The van der Waals surface area contributed by atoms with Crippen molar-refractivity contribution in [2.45, 2.75) is 32.7 Å². The Morgan fingerprint density at radius 2 is 1.91 bits per heavy atom. The molecule has 7 heteroatoms. The van der Waals surface area contributed by atoms with Crippen LogP contribution < -0.4 is 0 Å². The third-order valence-corrected chi connectivity index (χ3v) is 4.28. The molecule has 1 atom stereocenters. The smallest absolute Gasteiger partial charge is 0.339 e. The largest absolute Gasteiger partial charge is 0.465 e. The number of rotatable bonds is 3. The molecule has 2 heterocycles. The van der Waals surface area contributed by atoms with Gasteiger partial charge in [0, 0.05) is 26.3 Å². The number of H-pyrrole nitrogens is 1. The molecular weight excluding hydrogens is 298 g/mol. The summed E-state index contributed by atoms with van der Waals surface area (Å²) in [5.41, 5.74) is 1.88. The molecule has 2 rings (SSSR count). The minimum Gasteiger partial charge on any atom is -0.465 e. The molecule has 1 fully saturated rings. The molecule has 23 heavy (non-hydrogen) atoms. The lowest BCUT2D eigenvalue weighted by Gasteiger charge is -2.26. The first kappa shape index (κ1) is 17.1. The number of likely N-dealkylation sites (N-methyl/N-ethyl adjacent to an activating group) is 1. The van der Waals surface area contributed by atoms with Gasteiger partial charge in [-0.25, -0.2) is 4.79 Å². The first-order chi connectivity index (χ1) is 10.8. The summed E-state index contributed by atoms with van der Waals surface area (Å²) in [6, 6.07) is -0.443. The van der Waals surface area contributed by atoms with Crippen molar-refractivity contribution in [3.8, 4) is 0 Å². The van der Waals surface area contributed by atoms with Crippen LogP contribution in [0.15, 0.2) is 0 Å². The maximum absolute atomic E-state index is 12.9. The van der Waals surface area contributed by atoms with Crippen LogP contribution in [0.5, 0.6) is 0 Å². The van der Waals surface area contributed by atoms with Crippen molar-refractivity contribution < 1.29 is 19.1 Å². The van der Waals surface area contributed by atoms with E-state index in [0.29, 0.717) is 35.5 Å². The number of carbonyl (C=O) groups excluding carboxylic acids is 3. The van der Waals surface area contributed by atoms with Crippen molar-refractivity contribution in [1.82, 2.24) is 14.8 Å². The number of hydrogen-bond donors (Lipinski definition) is 1. The Morgan fingerprint density at radius 1 is 1.26 bits per heavy atom. The second-order valence-corrected chi connectivity index (χ2v) is 6.01. The Bertz CT molecular complexity index is 648. The number of aromatic amines is 1. The average molecular weight is 321 g/mol. The fourth-order valence-electron chi connectivity index (χ4n) is 3.08. The van der Waals surface area contributed by atoms with E-state index in [2.05, 4.69) is 4.98 Å². The average Bonchev–Trinajstić information content (AvgIpc) is 3.10. The molecule has 1 aromatic heterocycles. The van der Waals surface area contributed by atoms with Gasteiger partial charge in [-0.3, -0.25) is 9.59 Å². The minimum atomic E-state index is -0.474. The van der Waals surface area contributed by atoms with Crippen molar-refractivity contribution in [3.05, 3.63) is 22.5 Å². The third kappa shape index (κ3) is 2.95. The first-order valence-corrected chi connectivity index (χ1v) is 7.59. The summed E-state index contributed by atoms with van der Waals surface area (Å²) >= 11 is 0. The zero-order valence-corrected chi connectivity index (χ0v) is 14.2. The number of carbonyl (C=O) groups is 3. The van der Waals surface area contributed by atoms with Crippen LogP contribution >= 0.6 is 0 Å². The van der Waals surface area contributed by atoms with Gasteiger partial charge in [0.1, 0.15) is 11.7 Å². The van der Waals surface area contributed by atoms with Gasteiger partial charge in [-0.15, -0.1) is 0 Å². The van der Waals surface area contributed by atoms with Crippen LogP contribution in [-0.2, 0) is 9.53 Å². The number of amides is 2. The van der Waals surface area contributed by atoms with Crippen LogP contribution in [0, 0.1) is 13.8 Å². The SMILES string of the molecule is COC(=O)c1c(C)[nH]c(C(=O)N2CCC[C@H]2C(=O)N(C)C)c1C. The second-order valence-electron chi connectivity index (χ2n) is 6.01. The highest BCUT2D eigenvalue weighted by molar-refractivity contribution is 6.02. The maximum atomic E-state index is 12.9. The predicted octanol–water partition coefficient (Wildman–Crippen LogP) is 1.11. The van der Waals surface area contributed by atoms with Crippen LogP contribution in [0.4, 0.5) is 0 Å². The van der Waals surface area contributed by atoms with Crippen LogP contribution in [0.1, 0.15) is 44.9 Å². The summed E-state index contributed by atoms with van der Waals surface area (Å²) in [5.74, 6) is -0.805. The van der Waals surface area contributed by atoms with Crippen LogP contribution in [0.25, 0.3) is 0 Å². The van der Waals surface area contributed by atoms with Crippen molar-refractivity contribution in [2.75, 3.05) is 27.7 Å². The number of nitrogens with zero attached hydrogens (tertiary/aromatic N) is 2. The molecule has 1 aromatic rings. The molecule has 126 valence electrons. The van der Waals surface area contributed by atoms with Gasteiger partial charge in [-0.05, 0) is 32.3 Å². The normalized spacial score (nSPS) is 17.3. The lowest BCUT2D eigenvalue weighted by atomic mass is 10.1. The van der Waals surface area contributed by atoms with Gasteiger partial charge >= 0.3 is 5.97 Å². The van der Waals surface area contributed by atoms with E-state index in [1.807, 2.05) is 0 Å². The molecule has 1 aliphatic heterocycles. The Kier molecular flexibility index (Phi) is 4.77. The predicted molar refractivity (Wildman–Crippen MR) is 84.4 cm³/mol. The van der Waals surface area contributed by atoms with Gasteiger partial charge < -0.3 is 19.5 Å². The zero-order chi connectivity index (χ0) is 17.3. The highest BCUT2D eigenvalue weighted by Gasteiger charge is 2.37. The van der Waals surface area contributed by atoms with Crippen molar-refractivity contribution >= 4 is 17.8 Å². The maximum Gasteiger partial charge on any atom is 0.339 e. The number of nitrogens with one attached hydrogen (secondary N) is 1. The molecule has 0 unspecified atom stereocenters. The van der Waals surface area contributed by atoms with Crippen molar-refractivity contribution in [2.24, 2.45) is 0 Å². The molecule has 1 saturated heterocycles. The summed E-state index contributed by atoms with van der Waals surface area (Å²) in [4.78, 5) is 43.0. The molecule has 1 N–H and O–H groups in total. The molecule has 2 amide bonds. The van der Waals surface area contributed by atoms with Gasteiger partial charge in [0.25, 0.3) is 5.91 Å². The number of hydrogen-bond acceptors (Lipinski definition) is 4. The summed E-state index contributed by atoms with van der Waals surface area (Å²) in [7, 11) is 4.67. The van der Waals surface area contributed by atoms with Crippen LogP contribution in [0.2, 0.25) is 0 Å². The Morgan fingerprint density at radius 3 is 2.48 bits per heavy atom. The lowest BCUT2D eigenvalue weighted by molar-refractivity contribution is -0.132. The van der Waals surface area contributed by atoms with Crippen LogP contribution in [0.3, 0.4) is 0 Å². The number of ether oxygens (including phenoxy) is 1. The lowest BCUT2D eigenvalue weighted by Crippen LogP contribution is -2.45. The van der Waals surface area contributed by atoms with E-state index in [0.717, 1.165) is 6.42 Å². The number of aryl methyl sites for hydroxylation is 1. The summed E-state index contributed by atoms with van der Waals surface area (Å²) in [6.07, 6.45) is 1.45.